The third kappa shape index (κ3) is 22.9. The van der Waals surface area contributed by atoms with Crippen LogP contribution < -0.4 is 0 Å². The second kappa shape index (κ2) is 33.7. The molecule has 2 aliphatic rings. The van der Waals surface area contributed by atoms with Crippen LogP contribution in [0.25, 0.3) is 0 Å². The quantitative estimate of drug-likeness (QED) is 0.0280. The summed E-state index contributed by atoms with van der Waals surface area (Å²) in [6.45, 7) is 2.32. The van der Waals surface area contributed by atoms with E-state index in [9.17, 15) is 45.3 Å². The summed E-state index contributed by atoms with van der Waals surface area (Å²) in [4.78, 5) is 25.5. The number of aliphatic hydroxyl groups is 7. The lowest BCUT2D eigenvalue weighted by Crippen LogP contribution is -2.61. The fourth-order valence-electron chi connectivity index (χ4n) is 6.58. The number of aliphatic hydroxyl groups excluding tert-OH is 7. The van der Waals surface area contributed by atoms with Gasteiger partial charge in [0, 0.05) is 6.42 Å². The van der Waals surface area contributed by atoms with E-state index < -0.39 is 99.3 Å². The van der Waals surface area contributed by atoms with Crippen LogP contribution in [0.2, 0.25) is 0 Å². The number of hydrogen-bond donors (Lipinski definition) is 7. The molecule has 0 spiro atoms. The minimum Gasteiger partial charge on any atom is -0.462 e. The first-order chi connectivity index (χ1) is 29.5. The first kappa shape index (κ1) is 54.3. The maximum Gasteiger partial charge on any atom is 0.310 e. The second-order valence-electron chi connectivity index (χ2n) is 15.5. The van der Waals surface area contributed by atoms with Gasteiger partial charge in [-0.1, -0.05) is 132 Å². The van der Waals surface area contributed by atoms with E-state index in [1.54, 1.807) is 6.08 Å². The highest BCUT2D eigenvalue weighted by molar-refractivity contribution is 5.71. The maximum absolute atomic E-state index is 12.9. The molecule has 0 aromatic heterocycles. The van der Waals surface area contributed by atoms with Gasteiger partial charge in [-0.3, -0.25) is 9.59 Å². The first-order valence-electron chi connectivity index (χ1n) is 22.4. The van der Waals surface area contributed by atoms with E-state index in [4.69, 9.17) is 28.4 Å². The molecule has 7 N–H and O–H groups in total. The third-order valence-corrected chi connectivity index (χ3v) is 10.3. The lowest BCUT2D eigenvalue weighted by Gasteiger charge is -2.42. The van der Waals surface area contributed by atoms with Gasteiger partial charge in [-0.05, 0) is 38.5 Å². The van der Waals surface area contributed by atoms with E-state index in [2.05, 4.69) is 50.3 Å². The molecule has 15 heteroatoms. The molecule has 2 aliphatic heterocycles. The topological polar surface area (TPSA) is 231 Å². The van der Waals surface area contributed by atoms with Crippen LogP contribution in [0.4, 0.5) is 0 Å². The smallest absolute Gasteiger partial charge is 0.310 e. The molecule has 0 aromatic carbocycles. The van der Waals surface area contributed by atoms with Crippen LogP contribution in [-0.2, 0) is 38.0 Å². The zero-order valence-electron chi connectivity index (χ0n) is 36.4. The van der Waals surface area contributed by atoms with Gasteiger partial charge in [-0.15, -0.1) is 0 Å². The van der Waals surface area contributed by atoms with Gasteiger partial charge < -0.3 is 64.2 Å². The van der Waals surface area contributed by atoms with Crippen molar-refractivity contribution in [2.75, 3.05) is 26.4 Å². The second-order valence-corrected chi connectivity index (χ2v) is 15.5. The van der Waals surface area contributed by atoms with Crippen LogP contribution in [0.3, 0.4) is 0 Å². The molecule has 61 heavy (non-hydrogen) atoms. The van der Waals surface area contributed by atoms with Crippen LogP contribution in [0.5, 0.6) is 0 Å². The standard InChI is InChI=1S/C46H76O15/c1-3-5-7-9-11-13-15-16-17-18-19-21-23-25-27-29-38(49)59-34(31-56-37(48)28-26-24-22-20-14-12-10-8-6-4-2)32-57-45-44(55)42(53)40(51)36(61-45)33-58-46-43(54)41(52)39(50)35(30-47)60-46/h5,7,11,13,16-17,19,21,25,27,34-36,39-47,50-55H,3-4,6,8-10,12,14-15,18,20,22-24,26,28-33H2,1-2H3/b7-5-,13-11-,17-16-,21-19-,27-25-. The third-order valence-electron chi connectivity index (χ3n) is 10.3. The molecule has 2 saturated heterocycles. The number of rotatable bonds is 32. The van der Waals surface area contributed by atoms with Gasteiger partial charge in [0.1, 0.15) is 55.4 Å². The summed E-state index contributed by atoms with van der Waals surface area (Å²) >= 11 is 0. The number of ether oxygens (including phenoxy) is 6. The lowest BCUT2D eigenvalue weighted by molar-refractivity contribution is -0.332. The van der Waals surface area contributed by atoms with Gasteiger partial charge in [0.15, 0.2) is 18.7 Å². The Bertz CT molecular complexity index is 1300. The Morgan fingerprint density at radius 3 is 1.56 bits per heavy atom. The number of carbonyl (C=O) groups excluding carboxylic acids is 2. The molecule has 0 saturated carbocycles. The van der Waals surface area contributed by atoms with Crippen molar-refractivity contribution in [3.63, 3.8) is 0 Å². The predicted molar refractivity (Wildman–Crippen MR) is 229 cm³/mol. The van der Waals surface area contributed by atoms with Crippen molar-refractivity contribution in [2.24, 2.45) is 0 Å². The van der Waals surface area contributed by atoms with Gasteiger partial charge in [0.05, 0.1) is 26.2 Å². The summed E-state index contributed by atoms with van der Waals surface area (Å²) < 4.78 is 33.3. The number of allylic oxidation sites excluding steroid dienone is 9. The van der Waals surface area contributed by atoms with Crippen LogP contribution in [0.1, 0.15) is 123 Å². The van der Waals surface area contributed by atoms with E-state index in [0.29, 0.717) is 12.8 Å². The molecule has 11 unspecified atom stereocenters. The molecule has 0 bridgehead atoms. The Kier molecular flexibility index (Phi) is 30.0. The molecule has 2 rings (SSSR count). The van der Waals surface area contributed by atoms with Crippen LogP contribution in [-0.4, -0.2) is 142 Å². The molecule has 0 amide bonds. The molecular weight excluding hydrogens is 792 g/mol. The van der Waals surface area contributed by atoms with E-state index in [1.165, 1.54) is 38.5 Å². The predicted octanol–water partition coefficient (Wildman–Crippen LogP) is 4.53. The molecule has 2 fully saturated rings. The SMILES string of the molecule is CC/C=C\C/C=C\C/C=C\C/C=C\C/C=C\CC(=O)OC(COC(=O)CCCCCCCCCCCC)COC1OC(COC2OC(CO)C(O)C(O)C2O)C(O)C(O)C1O. The highest BCUT2D eigenvalue weighted by Gasteiger charge is 2.47. The van der Waals surface area contributed by atoms with Crippen molar-refractivity contribution < 1.29 is 73.8 Å². The van der Waals surface area contributed by atoms with Gasteiger partial charge in [-0.25, -0.2) is 0 Å². The van der Waals surface area contributed by atoms with Gasteiger partial charge in [-0.2, -0.15) is 0 Å². The molecule has 11 atom stereocenters. The molecule has 0 aromatic rings. The van der Waals surface area contributed by atoms with E-state index >= 15 is 0 Å². The largest absolute Gasteiger partial charge is 0.462 e. The van der Waals surface area contributed by atoms with Gasteiger partial charge >= 0.3 is 11.9 Å². The molecule has 350 valence electrons. The highest BCUT2D eigenvalue weighted by atomic mass is 16.7. The minimum absolute atomic E-state index is 0.0681. The van der Waals surface area contributed by atoms with Gasteiger partial charge in [0.25, 0.3) is 0 Å². The molecule has 0 aliphatic carbocycles. The molecule has 15 nitrogen and oxygen atoms in total. The van der Waals surface area contributed by atoms with Crippen molar-refractivity contribution in [2.45, 2.75) is 191 Å². The number of esters is 2. The number of carbonyl (C=O) groups is 2. The van der Waals surface area contributed by atoms with Crippen molar-refractivity contribution in [3.05, 3.63) is 60.8 Å². The van der Waals surface area contributed by atoms with E-state index in [1.807, 2.05) is 18.2 Å². The molecule has 2 heterocycles. The summed E-state index contributed by atoms with van der Waals surface area (Å²) in [7, 11) is 0. The van der Waals surface area contributed by atoms with Crippen molar-refractivity contribution >= 4 is 11.9 Å². The average Bonchev–Trinajstić information content (AvgIpc) is 3.25. The highest BCUT2D eigenvalue weighted by Crippen LogP contribution is 2.26. The van der Waals surface area contributed by atoms with E-state index in [0.717, 1.165) is 44.9 Å². The average molecular weight is 869 g/mol. The normalized spacial score (nSPS) is 27.9. The zero-order chi connectivity index (χ0) is 44.7. The van der Waals surface area contributed by atoms with Gasteiger partial charge in [0.2, 0.25) is 0 Å². The Morgan fingerprint density at radius 1 is 0.541 bits per heavy atom. The monoisotopic (exact) mass is 869 g/mol. The van der Waals surface area contributed by atoms with Crippen LogP contribution in [0, 0.1) is 0 Å². The summed E-state index contributed by atoms with van der Waals surface area (Å²) in [5, 5.41) is 71.8. The van der Waals surface area contributed by atoms with Crippen molar-refractivity contribution in [1.82, 2.24) is 0 Å². The Hall–Kier alpha value is -2.80. The molecular formula is C46H76O15. The van der Waals surface area contributed by atoms with Crippen molar-refractivity contribution in [3.8, 4) is 0 Å². The van der Waals surface area contributed by atoms with Crippen LogP contribution >= 0.6 is 0 Å². The zero-order valence-corrected chi connectivity index (χ0v) is 36.4. The summed E-state index contributed by atoms with van der Waals surface area (Å²) in [6, 6.07) is 0. The maximum atomic E-state index is 12.9. The lowest BCUT2D eigenvalue weighted by atomic mass is 9.98. The minimum atomic E-state index is -1.78. The fraction of sp³-hybridized carbons (Fsp3) is 0.739. The number of unbranched alkanes of at least 4 members (excludes halogenated alkanes) is 9. The Morgan fingerprint density at radius 2 is 1.02 bits per heavy atom. The van der Waals surface area contributed by atoms with Crippen LogP contribution in [0.15, 0.2) is 60.8 Å². The summed E-state index contributed by atoms with van der Waals surface area (Å²) in [5.41, 5.74) is 0. The number of hydrogen-bond acceptors (Lipinski definition) is 15. The Labute approximate surface area is 362 Å². The fourth-order valence-corrected chi connectivity index (χ4v) is 6.58. The Balaban J connectivity index is 1.91. The van der Waals surface area contributed by atoms with E-state index in [-0.39, 0.29) is 19.4 Å². The summed E-state index contributed by atoms with van der Waals surface area (Å²) in [5.74, 6) is -1.08. The molecule has 0 radical (unpaired) electrons. The first-order valence-corrected chi connectivity index (χ1v) is 22.4. The van der Waals surface area contributed by atoms with Crippen molar-refractivity contribution in [1.29, 1.82) is 0 Å². The summed E-state index contributed by atoms with van der Waals surface area (Å²) in [6.07, 6.45) is 18.7.